The summed E-state index contributed by atoms with van der Waals surface area (Å²) in [6.07, 6.45) is 7.91. The molecule has 2 unspecified atom stereocenters. The molecule has 0 aliphatic carbocycles. The molecule has 0 spiro atoms. The van der Waals surface area contributed by atoms with Crippen LogP contribution >= 0.6 is 11.6 Å². The number of hydrogen-bond acceptors (Lipinski definition) is 7. The van der Waals surface area contributed by atoms with E-state index in [1.54, 1.807) is 22.0 Å². The Balaban J connectivity index is 1.41. The summed E-state index contributed by atoms with van der Waals surface area (Å²) in [5.41, 5.74) is 2.32. The molecule has 164 valence electrons. The predicted octanol–water partition coefficient (Wildman–Crippen LogP) is 3.86. The Hall–Kier alpha value is -4.02. The number of hydrogen-bond donors (Lipinski definition) is 1. The normalized spacial score (nSPS) is 16.6. The van der Waals surface area contributed by atoms with Crippen LogP contribution in [-0.2, 0) is 0 Å². The van der Waals surface area contributed by atoms with Crippen LogP contribution in [0.3, 0.4) is 0 Å². The Bertz CT molecular complexity index is 1410. The topological polar surface area (TPSA) is 123 Å². The van der Waals surface area contributed by atoms with Gasteiger partial charge in [-0.2, -0.15) is 15.6 Å². The molecule has 4 aromatic heterocycles. The van der Waals surface area contributed by atoms with Gasteiger partial charge in [0.1, 0.15) is 23.2 Å². The maximum absolute atomic E-state index is 14.6. The fraction of sp³-hybridized carbons (Fsp3) is 0.273. The standard InChI is InChI=1S/C22H17ClFN9/c23-20-14(8-26)7-17(24)22(31-20)32-6-3-13(10-32)18(1-4-25)33-11-15(9-30-33)19-16-2-5-27-21(16)29-12-28-19/h2,5,7,9,11-13,18H,1,3,6,10H2,(H,27,28,29). The summed E-state index contributed by atoms with van der Waals surface area (Å²) in [7, 11) is 0. The third-order valence-electron chi connectivity index (χ3n) is 5.97. The van der Waals surface area contributed by atoms with Crippen LogP contribution in [0.2, 0.25) is 5.15 Å². The van der Waals surface area contributed by atoms with Gasteiger partial charge in [-0.3, -0.25) is 4.68 Å². The van der Waals surface area contributed by atoms with Crippen LogP contribution in [0, 0.1) is 34.4 Å². The first-order chi connectivity index (χ1) is 16.1. The number of halogens is 2. The molecule has 0 radical (unpaired) electrons. The van der Waals surface area contributed by atoms with Crippen molar-refractivity contribution >= 4 is 28.5 Å². The van der Waals surface area contributed by atoms with E-state index in [0.717, 1.165) is 34.8 Å². The number of fused-ring (bicyclic) bond motifs is 1. The fourth-order valence-electron chi connectivity index (χ4n) is 4.37. The van der Waals surface area contributed by atoms with Gasteiger partial charge in [-0.05, 0) is 18.6 Å². The van der Waals surface area contributed by atoms with Crippen LogP contribution in [0.1, 0.15) is 24.4 Å². The highest BCUT2D eigenvalue weighted by Gasteiger charge is 2.33. The number of nitrogens with one attached hydrogen (secondary N) is 1. The van der Waals surface area contributed by atoms with Crippen LogP contribution in [0.4, 0.5) is 10.2 Å². The van der Waals surface area contributed by atoms with E-state index < -0.39 is 5.82 Å². The SMILES string of the molecule is N#CCC(C1CCN(c2nc(Cl)c(C#N)cc2F)C1)n1cc(-c2ncnc3[nH]ccc23)cn1. The summed E-state index contributed by atoms with van der Waals surface area (Å²) in [5.74, 6) is -0.422. The maximum Gasteiger partial charge on any atom is 0.167 e. The van der Waals surface area contributed by atoms with E-state index >= 15 is 0 Å². The molecule has 1 aliphatic rings. The minimum Gasteiger partial charge on any atom is -0.354 e. The van der Waals surface area contributed by atoms with E-state index in [1.807, 2.05) is 18.3 Å². The highest BCUT2D eigenvalue weighted by molar-refractivity contribution is 6.30. The predicted molar refractivity (Wildman–Crippen MR) is 119 cm³/mol. The van der Waals surface area contributed by atoms with Crippen molar-refractivity contribution in [3.63, 3.8) is 0 Å². The van der Waals surface area contributed by atoms with Gasteiger partial charge in [-0.1, -0.05) is 11.6 Å². The lowest BCUT2D eigenvalue weighted by Gasteiger charge is -2.23. The summed E-state index contributed by atoms with van der Waals surface area (Å²) in [6.45, 7) is 1.05. The Kier molecular flexibility index (Phi) is 5.37. The van der Waals surface area contributed by atoms with E-state index in [1.165, 1.54) is 6.33 Å². The zero-order chi connectivity index (χ0) is 22.9. The minimum atomic E-state index is -0.589. The van der Waals surface area contributed by atoms with Gasteiger partial charge >= 0.3 is 0 Å². The molecule has 0 aromatic carbocycles. The minimum absolute atomic E-state index is 0.00124. The van der Waals surface area contributed by atoms with Crippen molar-refractivity contribution in [1.29, 1.82) is 10.5 Å². The first-order valence-corrected chi connectivity index (χ1v) is 10.7. The molecule has 0 amide bonds. The first kappa shape index (κ1) is 20.9. The Morgan fingerprint density at radius 3 is 3.03 bits per heavy atom. The van der Waals surface area contributed by atoms with Crippen molar-refractivity contribution in [1.82, 2.24) is 29.7 Å². The molecule has 11 heteroatoms. The van der Waals surface area contributed by atoms with E-state index in [0.29, 0.717) is 13.1 Å². The second-order valence-electron chi connectivity index (χ2n) is 7.84. The zero-order valence-corrected chi connectivity index (χ0v) is 18.0. The van der Waals surface area contributed by atoms with Crippen LogP contribution in [0.25, 0.3) is 22.3 Å². The van der Waals surface area contributed by atoms with Crippen molar-refractivity contribution in [2.45, 2.75) is 18.9 Å². The number of nitriles is 2. The van der Waals surface area contributed by atoms with Gasteiger partial charge < -0.3 is 9.88 Å². The molecule has 1 N–H and O–H groups in total. The number of nitrogens with zero attached hydrogens (tertiary/aromatic N) is 8. The summed E-state index contributed by atoms with van der Waals surface area (Å²) in [4.78, 5) is 17.6. The average molecular weight is 462 g/mol. The molecule has 1 saturated heterocycles. The summed E-state index contributed by atoms with van der Waals surface area (Å²) < 4.78 is 16.4. The van der Waals surface area contributed by atoms with Crippen LogP contribution in [0.5, 0.6) is 0 Å². The first-order valence-electron chi connectivity index (χ1n) is 10.3. The molecular formula is C22H17ClFN9. The molecule has 2 atom stereocenters. The van der Waals surface area contributed by atoms with Gasteiger partial charge in [-0.15, -0.1) is 0 Å². The van der Waals surface area contributed by atoms with Gasteiger partial charge in [0.15, 0.2) is 11.6 Å². The number of aromatic nitrogens is 6. The van der Waals surface area contributed by atoms with Crippen LogP contribution < -0.4 is 4.90 Å². The quantitative estimate of drug-likeness (QED) is 0.447. The molecule has 9 nitrogen and oxygen atoms in total. The summed E-state index contributed by atoms with van der Waals surface area (Å²) in [5, 5.41) is 23.9. The lowest BCUT2D eigenvalue weighted by molar-refractivity contribution is 0.331. The Morgan fingerprint density at radius 2 is 2.21 bits per heavy atom. The van der Waals surface area contributed by atoms with Crippen molar-refractivity contribution in [2.75, 3.05) is 18.0 Å². The van der Waals surface area contributed by atoms with Crippen molar-refractivity contribution in [3.05, 3.63) is 53.6 Å². The van der Waals surface area contributed by atoms with E-state index in [2.05, 4.69) is 31.1 Å². The van der Waals surface area contributed by atoms with Gasteiger partial charge in [0.2, 0.25) is 0 Å². The number of rotatable bonds is 5. The number of pyridine rings is 1. The number of aromatic amines is 1. The number of anilines is 1. The highest BCUT2D eigenvalue weighted by Crippen LogP contribution is 2.35. The third kappa shape index (κ3) is 3.75. The molecule has 1 fully saturated rings. The van der Waals surface area contributed by atoms with E-state index in [-0.39, 0.29) is 34.9 Å². The molecule has 0 saturated carbocycles. The Labute approximate surface area is 193 Å². The fourth-order valence-corrected chi connectivity index (χ4v) is 4.54. The second kappa shape index (κ2) is 8.49. The molecule has 4 aromatic rings. The molecular weight excluding hydrogens is 445 g/mol. The summed E-state index contributed by atoms with van der Waals surface area (Å²) >= 11 is 6.02. The molecule has 0 bridgehead atoms. The van der Waals surface area contributed by atoms with Gasteiger partial charge in [0, 0.05) is 42.4 Å². The second-order valence-corrected chi connectivity index (χ2v) is 8.20. The smallest absolute Gasteiger partial charge is 0.167 e. The van der Waals surface area contributed by atoms with Crippen molar-refractivity contribution in [2.24, 2.45) is 5.92 Å². The average Bonchev–Trinajstić information content (AvgIpc) is 3.59. The third-order valence-corrected chi connectivity index (χ3v) is 6.26. The maximum atomic E-state index is 14.6. The summed E-state index contributed by atoms with van der Waals surface area (Å²) in [6, 6.07) is 6.90. The van der Waals surface area contributed by atoms with E-state index in [9.17, 15) is 9.65 Å². The van der Waals surface area contributed by atoms with Crippen molar-refractivity contribution in [3.8, 4) is 23.4 Å². The van der Waals surface area contributed by atoms with Gasteiger partial charge in [-0.25, -0.2) is 19.3 Å². The zero-order valence-electron chi connectivity index (χ0n) is 17.3. The largest absolute Gasteiger partial charge is 0.354 e. The van der Waals surface area contributed by atoms with Crippen LogP contribution in [-0.4, -0.2) is 42.8 Å². The monoisotopic (exact) mass is 461 g/mol. The van der Waals surface area contributed by atoms with Gasteiger partial charge in [0.25, 0.3) is 0 Å². The number of H-pyrrole nitrogens is 1. The molecule has 5 rings (SSSR count). The lowest BCUT2D eigenvalue weighted by Crippen LogP contribution is -2.26. The lowest BCUT2D eigenvalue weighted by atomic mass is 9.96. The molecule has 33 heavy (non-hydrogen) atoms. The van der Waals surface area contributed by atoms with Gasteiger partial charge in [0.05, 0.1) is 36.0 Å². The van der Waals surface area contributed by atoms with E-state index in [4.69, 9.17) is 16.9 Å². The van der Waals surface area contributed by atoms with Crippen LogP contribution in [0.15, 0.2) is 37.1 Å². The molecule has 5 heterocycles. The Morgan fingerprint density at radius 1 is 1.33 bits per heavy atom. The molecule has 1 aliphatic heterocycles. The van der Waals surface area contributed by atoms with Crippen molar-refractivity contribution < 1.29 is 4.39 Å². The highest BCUT2D eigenvalue weighted by atomic mass is 35.5.